The lowest BCUT2D eigenvalue weighted by atomic mass is 10.0. The van der Waals surface area contributed by atoms with Crippen LogP contribution in [0.3, 0.4) is 0 Å². The van der Waals surface area contributed by atoms with Crippen LogP contribution in [0.25, 0.3) is 11.1 Å². The van der Waals surface area contributed by atoms with Gasteiger partial charge in [0, 0.05) is 17.6 Å². The molecular weight excluding hydrogens is 522 g/mol. The quantitative estimate of drug-likeness (QED) is 0.231. The second-order valence-corrected chi connectivity index (χ2v) is 11.5. The SMILES string of the molecule is C[C@H](Cc1ccc(S(=O)(=O)c2ccc(-c3cccc(C(=O)O)c3)cc2)cc1)NC[C@H](O)c1cccc(Cl)c1. The molecule has 4 aromatic rings. The Bertz CT molecular complexity index is 1520. The van der Waals surface area contributed by atoms with Gasteiger partial charge in [-0.3, -0.25) is 0 Å². The molecule has 0 aliphatic rings. The number of benzene rings is 4. The molecule has 0 radical (unpaired) electrons. The molecule has 0 spiro atoms. The molecule has 0 aromatic heterocycles. The lowest BCUT2D eigenvalue weighted by Gasteiger charge is -2.18. The number of aromatic carboxylic acids is 1. The van der Waals surface area contributed by atoms with E-state index in [1.54, 1.807) is 72.8 Å². The van der Waals surface area contributed by atoms with Crippen molar-refractivity contribution in [2.75, 3.05) is 6.54 Å². The minimum absolute atomic E-state index is 0.0541. The summed E-state index contributed by atoms with van der Waals surface area (Å²) in [6.07, 6.45) is -0.0247. The van der Waals surface area contributed by atoms with Gasteiger partial charge in [-0.05, 0) is 84.1 Å². The number of carbonyl (C=O) groups is 1. The molecule has 2 atom stereocenters. The normalized spacial score (nSPS) is 13.1. The summed E-state index contributed by atoms with van der Waals surface area (Å²) in [5.41, 5.74) is 3.30. The van der Waals surface area contributed by atoms with Gasteiger partial charge in [-0.15, -0.1) is 0 Å². The van der Waals surface area contributed by atoms with Crippen LogP contribution < -0.4 is 5.32 Å². The van der Waals surface area contributed by atoms with Crippen LogP contribution in [0.4, 0.5) is 0 Å². The number of aliphatic hydroxyl groups excluding tert-OH is 1. The van der Waals surface area contributed by atoms with Gasteiger partial charge in [0.2, 0.25) is 9.84 Å². The van der Waals surface area contributed by atoms with Crippen LogP contribution in [0.5, 0.6) is 0 Å². The Morgan fingerprint density at radius 1 is 0.868 bits per heavy atom. The van der Waals surface area contributed by atoms with Crippen LogP contribution >= 0.6 is 11.6 Å². The third-order valence-corrected chi connectivity index (χ3v) is 8.30. The topological polar surface area (TPSA) is 104 Å². The summed E-state index contributed by atoms with van der Waals surface area (Å²) in [5, 5.41) is 23.5. The average Bonchev–Trinajstić information content (AvgIpc) is 2.92. The van der Waals surface area contributed by atoms with Gasteiger partial charge in [-0.2, -0.15) is 0 Å². The zero-order valence-electron chi connectivity index (χ0n) is 20.7. The van der Waals surface area contributed by atoms with Gasteiger partial charge in [-0.25, -0.2) is 13.2 Å². The lowest BCUT2D eigenvalue weighted by Crippen LogP contribution is -2.32. The molecule has 0 fully saturated rings. The molecule has 0 bridgehead atoms. The van der Waals surface area contributed by atoms with Crippen LogP contribution in [0.1, 0.15) is 34.5 Å². The standard InChI is InChI=1S/C30H28ClNO5S/c1-20(32-19-29(33)24-5-3-7-26(31)18-24)16-21-8-12-27(13-9-21)38(36,37)28-14-10-22(11-15-28)23-4-2-6-25(17-23)30(34)35/h2-15,17-18,20,29,32-33H,16,19H2,1H3,(H,34,35)/t20-,29+/m1/s1. The highest BCUT2D eigenvalue weighted by atomic mass is 35.5. The van der Waals surface area contributed by atoms with Crippen LogP contribution in [0, 0.1) is 0 Å². The number of sulfone groups is 1. The summed E-state index contributed by atoms with van der Waals surface area (Å²) in [6.45, 7) is 2.37. The predicted octanol–water partition coefficient (Wildman–Crippen LogP) is 5.79. The van der Waals surface area contributed by atoms with Crippen molar-refractivity contribution in [3.8, 4) is 11.1 Å². The largest absolute Gasteiger partial charge is 0.478 e. The maximum absolute atomic E-state index is 13.2. The van der Waals surface area contributed by atoms with E-state index in [4.69, 9.17) is 11.6 Å². The first-order valence-electron chi connectivity index (χ1n) is 12.1. The van der Waals surface area contributed by atoms with E-state index in [2.05, 4.69) is 5.32 Å². The van der Waals surface area contributed by atoms with Crippen molar-refractivity contribution in [3.05, 3.63) is 119 Å². The summed E-state index contributed by atoms with van der Waals surface area (Å²) in [6, 6.07) is 26.9. The maximum Gasteiger partial charge on any atom is 0.335 e. The van der Waals surface area contributed by atoms with E-state index in [1.807, 2.05) is 13.0 Å². The first-order chi connectivity index (χ1) is 18.1. The summed E-state index contributed by atoms with van der Waals surface area (Å²) in [7, 11) is -3.71. The van der Waals surface area contributed by atoms with Gasteiger partial charge in [0.1, 0.15) is 0 Å². The fourth-order valence-electron chi connectivity index (χ4n) is 4.17. The fourth-order valence-corrected chi connectivity index (χ4v) is 5.63. The number of aliphatic hydroxyl groups is 1. The third kappa shape index (κ3) is 6.68. The number of hydrogen-bond donors (Lipinski definition) is 3. The van der Waals surface area contributed by atoms with E-state index >= 15 is 0 Å². The Labute approximate surface area is 227 Å². The summed E-state index contributed by atoms with van der Waals surface area (Å²) in [4.78, 5) is 11.6. The van der Waals surface area contributed by atoms with Crippen molar-refractivity contribution >= 4 is 27.4 Å². The molecule has 0 aliphatic heterocycles. The molecule has 196 valence electrons. The van der Waals surface area contributed by atoms with Crippen molar-refractivity contribution in [2.45, 2.75) is 35.3 Å². The minimum atomic E-state index is -3.71. The van der Waals surface area contributed by atoms with E-state index in [9.17, 15) is 23.4 Å². The second-order valence-electron chi connectivity index (χ2n) is 9.14. The molecule has 0 amide bonds. The predicted molar refractivity (Wildman–Crippen MR) is 148 cm³/mol. The molecule has 0 saturated carbocycles. The maximum atomic E-state index is 13.2. The third-order valence-electron chi connectivity index (χ3n) is 6.28. The fraction of sp³-hybridized carbons (Fsp3) is 0.167. The van der Waals surface area contributed by atoms with Gasteiger partial charge in [0.15, 0.2) is 0 Å². The van der Waals surface area contributed by atoms with Gasteiger partial charge in [-0.1, -0.05) is 60.1 Å². The molecule has 8 heteroatoms. The van der Waals surface area contributed by atoms with Gasteiger partial charge in [0.05, 0.1) is 21.5 Å². The van der Waals surface area contributed by atoms with Crippen LogP contribution in [-0.4, -0.2) is 37.2 Å². The van der Waals surface area contributed by atoms with Gasteiger partial charge < -0.3 is 15.5 Å². The molecule has 4 rings (SSSR count). The first kappa shape index (κ1) is 27.5. The monoisotopic (exact) mass is 549 g/mol. The Morgan fingerprint density at radius 2 is 1.50 bits per heavy atom. The molecule has 38 heavy (non-hydrogen) atoms. The van der Waals surface area contributed by atoms with E-state index in [-0.39, 0.29) is 21.4 Å². The highest BCUT2D eigenvalue weighted by Crippen LogP contribution is 2.26. The summed E-state index contributed by atoms with van der Waals surface area (Å²) < 4.78 is 26.3. The smallest absolute Gasteiger partial charge is 0.335 e. The van der Waals surface area contributed by atoms with Crippen LogP contribution in [-0.2, 0) is 16.3 Å². The van der Waals surface area contributed by atoms with Crippen molar-refractivity contribution in [1.82, 2.24) is 5.32 Å². The van der Waals surface area contributed by atoms with E-state index < -0.39 is 21.9 Å². The molecule has 0 unspecified atom stereocenters. The summed E-state index contributed by atoms with van der Waals surface area (Å²) >= 11 is 6.00. The molecule has 6 nitrogen and oxygen atoms in total. The molecule has 0 aliphatic carbocycles. The van der Waals surface area contributed by atoms with Crippen LogP contribution in [0.2, 0.25) is 5.02 Å². The Balaban J connectivity index is 1.39. The Hall–Kier alpha value is -3.49. The number of carboxylic acid groups (broad SMARTS) is 1. The van der Waals surface area contributed by atoms with Crippen LogP contribution in [0.15, 0.2) is 107 Å². The average molecular weight is 550 g/mol. The van der Waals surface area contributed by atoms with Crippen molar-refractivity contribution in [3.63, 3.8) is 0 Å². The van der Waals surface area contributed by atoms with Crippen molar-refractivity contribution < 1.29 is 23.4 Å². The first-order valence-corrected chi connectivity index (χ1v) is 13.9. The molecule has 0 saturated heterocycles. The number of rotatable bonds is 10. The molecule has 4 aromatic carbocycles. The summed E-state index contributed by atoms with van der Waals surface area (Å²) in [5.74, 6) is -1.02. The van der Waals surface area contributed by atoms with Gasteiger partial charge >= 0.3 is 5.97 Å². The number of carboxylic acids is 1. The molecular formula is C30H28ClNO5S. The molecule has 3 N–H and O–H groups in total. The van der Waals surface area contributed by atoms with E-state index in [0.29, 0.717) is 23.6 Å². The second kappa shape index (κ2) is 11.9. The highest BCUT2D eigenvalue weighted by Gasteiger charge is 2.18. The van der Waals surface area contributed by atoms with Crippen molar-refractivity contribution in [1.29, 1.82) is 0 Å². The zero-order chi connectivity index (χ0) is 27.3. The number of halogens is 1. The van der Waals surface area contributed by atoms with Gasteiger partial charge in [0.25, 0.3) is 0 Å². The van der Waals surface area contributed by atoms with E-state index in [0.717, 1.165) is 16.7 Å². The molecule has 0 heterocycles. The number of nitrogens with one attached hydrogen (secondary N) is 1. The zero-order valence-corrected chi connectivity index (χ0v) is 22.3. The minimum Gasteiger partial charge on any atom is -0.478 e. The Morgan fingerprint density at radius 3 is 2.13 bits per heavy atom. The van der Waals surface area contributed by atoms with Crippen molar-refractivity contribution in [2.24, 2.45) is 0 Å². The number of hydrogen-bond acceptors (Lipinski definition) is 5. The highest BCUT2D eigenvalue weighted by molar-refractivity contribution is 7.91. The Kier molecular flexibility index (Phi) is 8.64. The lowest BCUT2D eigenvalue weighted by molar-refractivity contribution is 0.0697. The van der Waals surface area contributed by atoms with E-state index in [1.165, 1.54) is 18.2 Å².